The van der Waals surface area contributed by atoms with Gasteiger partial charge in [0.15, 0.2) is 0 Å². The fraction of sp³-hybridized carbons (Fsp3) is 0.143. The topological polar surface area (TPSA) is 75.0 Å². The Morgan fingerprint density at radius 1 is 0.964 bits per heavy atom. The SMILES string of the molecule is Cc1ccc(-n2cc3c(c2-c2ccc(Br)cc2)c(=O)n(C)c(=O)n3C)cc1N. The van der Waals surface area contributed by atoms with Gasteiger partial charge in [0.05, 0.1) is 16.6 Å². The molecule has 0 bridgehead atoms. The first-order valence-corrected chi connectivity index (χ1v) is 9.52. The van der Waals surface area contributed by atoms with Crippen LogP contribution in [0.2, 0.25) is 0 Å². The van der Waals surface area contributed by atoms with Crippen molar-refractivity contribution in [1.29, 1.82) is 0 Å². The Labute approximate surface area is 169 Å². The van der Waals surface area contributed by atoms with Crippen molar-refractivity contribution in [3.8, 4) is 16.9 Å². The molecule has 2 aromatic heterocycles. The molecule has 0 spiro atoms. The minimum Gasteiger partial charge on any atom is -0.398 e. The van der Waals surface area contributed by atoms with Crippen LogP contribution in [-0.2, 0) is 14.1 Å². The van der Waals surface area contributed by atoms with Gasteiger partial charge in [-0.05, 0) is 42.3 Å². The van der Waals surface area contributed by atoms with Gasteiger partial charge in [0.1, 0.15) is 0 Å². The zero-order chi connectivity index (χ0) is 20.2. The summed E-state index contributed by atoms with van der Waals surface area (Å²) in [7, 11) is 3.17. The zero-order valence-corrected chi connectivity index (χ0v) is 17.3. The highest BCUT2D eigenvalue weighted by Crippen LogP contribution is 2.32. The van der Waals surface area contributed by atoms with Crippen LogP contribution >= 0.6 is 15.9 Å². The van der Waals surface area contributed by atoms with Crippen molar-refractivity contribution in [1.82, 2.24) is 13.7 Å². The second-order valence-electron chi connectivity index (χ2n) is 6.86. The van der Waals surface area contributed by atoms with E-state index >= 15 is 0 Å². The van der Waals surface area contributed by atoms with Crippen molar-refractivity contribution in [2.24, 2.45) is 14.1 Å². The van der Waals surface area contributed by atoms with Crippen LogP contribution in [0.15, 0.2) is 62.7 Å². The number of benzene rings is 2. The van der Waals surface area contributed by atoms with Crippen LogP contribution in [0.4, 0.5) is 5.69 Å². The number of hydrogen-bond acceptors (Lipinski definition) is 3. The smallest absolute Gasteiger partial charge is 0.330 e. The van der Waals surface area contributed by atoms with Crippen LogP contribution in [0.3, 0.4) is 0 Å². The van der Waals surface area contributed by atoms with Crippen molar-refractivity contribution in [3.05, 3.63) is 79.5 Å². The molecule has 7 heteroatoms. The molecule has 0 radical (unpaired) electrons. The Kier molecular flexibility index (Phi) is 4.27. The molecule has 0 saturated heterocycles. The van der Waals surface area contributed by atoms with Crippen molar-refractivity contribution in [2.75, 3.05) is 5.73 Å². The van der Waals surface area contributed by atoms with Gasteiger partial charge in [-0.1, -0.05) is 34.1 Å². The molecule has 2 aromatic carbocycles. The standard InChI is InChI=1S/C21H19BrN4O2/c1-12-4-9-15(10-16(12)23)26-11-17-18(20(27)25(3)21(28)24(17)2)19(26)13-5-7-14(22)8-6-13/h4-11H,23H2,1-3H3. The molecule has 0 atom stereocenters. The Bertz CT molecular complexity index is 1340. The number of nitrogens with zero attached hydrogens (tertiary/aromatic N) is 3. The van der Waals surface area contributed by atoms with E-state index in [-0.39, 0.29) is 11.2 Å². The first-order valence-electron chi connectivity index (χ1n) is 8.73. The van der Waals surface area contributed by atoms with Crippen molar-refractivity contribution < 1.29 is 0 Å². The van der Waals surface area contributed by atoms with Gasteiger partial charge in [-0.2, -0.15) is 0 Å². The molecule has 2 heterocycles. The fourth-order valence-electron chi connectivity index (χ4n) is 3.41. The normalized spacial score (nSPS) is 11.3. The summed E-state index contributed by atoms with van der Waals surface area (Å²) < 4.78 is 5.49. The average molecular weight is 439 g/mol. The van der Waals surface area contributed by atoms with E-state index in [0.29, 0.717) is 16.6 Å². The molecule has 2 N–H and O–H groups in total. The highest BCUT2D eigenvalue weighted by molar-refractivity contribution is 9.10. The van der Waals surface area contributed by atoms with Crippen LogP contribution < -0.4 is 17.0 Å². The second-order valence-corrected chi connectivity index (χ2v) is 7.78. The Balaban J connectivity index is 2.19. The summed E-state index contributed by atoms with van der Waals surface area (Å²) in [5.74, 6) is 0. The molecular formula is C21H19BrN4O2. The molecule has 0 amide bonds. The number of aromatic nitrogens is 3. The third kappa shape index (κ3) is 2.70. The molecular weight excluding hydrogens is 420 g/mol. The summed E-state index contributed by atoms with van der Waals surface area (Å²) in [6.45, 7) is 1.94. The highest BCUT2D eigenvalue weighted by Gasteiger charge is 2.20. The lowest BCUT2D eigenvalue weighted by atomic mass is 10.1. The minimum absolute atomic E-state index is 0.324. The van der Waals surface area contributed by atoms with Gasteiger partial charge >= 0.3 is 5.69 Å². The molecule has 28 heavy (non-hydrogen) atoms. The minimum atomic E-state index is -0.361. The number of fused-ring (bicyclic) bond motifs is 1. The number of nitrogens with two attached hydrogens (primary N) is 1. The number of rotatable bonds is 2. The molecule has 0 aliphatic heterocycles. The lowest BCUT2D eigenvalue weighted by Gasteiger charge is -2.12. The average Bonchev–Trinajstić information content (AvgIpc) is 3.08. The number of halogens is 1. The number of anilines is 1. The quantitative estimate of drug-likeness (QED) is 0.487. The van der Waals surface area contributed by atoms with E-state index in [4.69, 9.17) is 5.73 Å². The van der Waals surface area contributed by atoms with Gasteiger partial charge in [0, 0.05) is 36.1 Å². The van der Waals surface area contributed by atoms with Gasteiger partial charge in [-0.15, -0.1) is 0 Å². The molecule has 0 aliphatic rings. The molecule has 4 rings (SSSR count). The van der Waals surface area contributed by atoms with Crippen LogP contribution in [0.1, 0.15) is 5.56 Å². The summed E-state index contributed by atoms with van der Waals surface area (Å²) in [5, 5.41) is 0.492. The highest BCUT2D eigenvalue weighted by atomic mass is 79.9. The summed E-state index contributed by atoms with van der Waals surface area (Å²) in [5.41, 5.74) is 10.1. The van der Waals surface area contributed by atoms with Crippen LogP contribution in [0, 0.1) is 6.92 Å². The third-order valence-corrected chi connectivity index (χ3v) is 5.63. The first kappa shape index (κ1) is 18.3. The Morgan fingerprint density at radius 3 is 2.29 bits per heavy atom. The van der Waals surface area contributed by atoms with Gasteiger partial charge in [-0.3, -0.25) is 13.9 Å². The molecule has 0 aliphatic carbocycles. The number of hydrogen-bond donors (Lipinski definition) is 1. The lowest BCUT2D eigenvalue weighted by Crippen LogP contribution is -2.36. The summed E-state index contributed by atoms with van der Waals surface area (Å²) in [4.78, 5) is 25.5. The van der Waals surface area contributed by atoms with E-state index in [0.717, 1.165) is 31.5 Å². The predicted octanol–water partition coefficient (Wildman–Crippen LogP) is 3.35. The summed E-state index contributed by atoms with van der Waals surface area (Å²) in [6.07, 6.45) is 1.82. The molecule has 0 saturated carbocycles. The van der Waals surface area contributed by atoms with E-state index in [1.165, 1.54) is 11.6 Å². The molecule has 4 aromatic rings. The van der Waals surface area contributed by atoms with E-state index < -0.39 is 0 Å². The fourth-order valence-corrected chi connectivity index (χ4v) is 3.68. The third-order valence-electron chi connectivity index (χ3n) is 5.10. The van der Waals surface area contributed by atoms with E-state index in [1.807, 2.05) is 60.2 Å². The number of nitrogen functional groups attached to an aromatic ring is 1. The van der Waals surface area contributed by atoms with Crippen molar-refractivity contribution in [3.63, 3.8) is 0 Å². The maximum Gasteiger partial charge on any atom is 0.330 e. The van der Waals surface area contributed by atoms with Crippen molar-refractivity contribution >= 4 is 32.5 Å². The summed E-state index contributed by atoms with van der Waals surface area (Å²) >= 11 is 3.45. The molecule has 0 unspecified atom stereocenters. The van der Waals surface area contributed by atoms with Gasteiger partial charge in [0.25, 0.3) is 5.56 Å². The van der Waals surface area contributed by atoms with E-state index in [2.05, 4.69) is 15.9 Å². The van der Waals surface area contributed by atoms with E-state index in [9.17, 15) is 9.59 Å². The van der Waals surface area contributed by atoms with Crippen LogP contribution in [0.25, 0.3) is 27.8 Å². The molecule has 6 nitrogen and oxygen atoms in total. The zero-order valence-electron chi connectivity index (χ0n) is 15.7. The monoisotopic (exact) mass is 438 g/mol. The summed E-state index contributed by atoms with van der Waals surface area (Å²) in [6, 6.07) is 13.5. The largest absolute Gasteiger partial charge is 0.398 e. The van der Waals surface area contributed by atoms with Crippen LogP contribution in [-0.4, -0.2) is 13.7 Å². The lowest BCUT2D eigenvalue weighted by molar-refractivity contribution is 0.714. The van der Waals surface area contributed by atoms with E-state index in [1.54, 1.807) is 7.05 Å². The van der Waals surface area contributed by atoms with Crippen LogP contribution in [0.5, 0.6) is 0 Å². The number of aryl methyl sites for hydroxylation is 2. The first-order chi connectivity index (χ1) is 13.3. The Hall–Kier alpha value is -3.06. The maximum absolute atomic E-state index is 13.0. The molecule has 142 valence electrons. The Morgan fingerprint density at radius 2 is 1.64 bits per heavy atom. The van der Waals surface area contributed by atoms with Gasteiger partial charge < -0.3 is 10.3 Å². The van der Waals surface area contributed by atoms with Crippen molar-refractivity contribution in [2.45, 2.75) is 6.92 Å². The molecule has 0 fully saturated rings. The van der Waals surface area contributed by atoms with Gasteiger partial charge in [0.2, 0.25) is 0 Å². The maximum atomic E-state index is 13.0. The second kappa shape index (κ2) is 6.53. The van der Waals surface area contributed by atoms with Gasteiger partial charge in [-0.25, -0.2) is 4.79 Å². The predicted molar refractivity (Wildman–Crippen MR) is 116 cm³/mol.